The topological polar surface area (TPSA) is 77.5 Å². The Morgan fingerprint density at radius 2 is 1.57 bits per heavy atom. The number of benzene rings is 1. The molecule has 1 N–H and O–H groups in total. The molecule has 0 spiro atoms. The van der Waals surface area contributed by atoms with Gasteiger partial charge in [0.05, 0.1) is 19.1 Å². The minimum atomic E-state index is -4.29. The van der Waals surface area contributed by atoms with E-state index >= 15 is 0 Å². The molecular formula is C31H54NO6PS. The van der Waals surface area contributed by atoms with Crippen LogP contribution in [0.4, 0.5) is 0 Å². The van der Waals surface area contributed by atoms with Gasteiger partial charge in [-0.1, -0.05) is 103 Å². The van der Waals surface area contributed by atoms with Crippen LogP contribution in [-0.4, -0.2) is 48.2 Å². The largest absolute Gasteiger partial charge is 0.527 e. The molecular weight excluding hydrogens is 545 g/mol. The van der Waals surface area contributed by atoms with Crippen LogP contribution in [0.2, 0.25) is 0 Å². The fourth-order valence-corrected chi connectivity index (χ4v) is 6.18. The van der Waals surface area contributed by atoms with E-state index in [0.717, 1.165) is 17.9 Å². The van der Waals surface area contributed by atoms with E-state index in [-0.39, 0.29) is 6.61 Å². The van der Waals surface area contributed by atoms with E-state index in [1.54, 1.807) is 23.9 Å². The van der Waals surface area contributed by atoms with E-state index in [2.05, 4.69) is 17.2 Å². The van der Waals surface area contributed by atoms with E-state index in [1.165, 1.54) is 83.5 Å². The van der Waals surface area contributed by atoms with Gasteiger partial charge in [-0.15, -0.1) is 11.8 Å². The Bertz CT molecular complexity index is 842. The molecule has 40 heavy (non-hydrogen) atoms. The lowest BCUT2D eigenvalue weighted by Crippen LogP contribution is -2.26. The number of rotatable bonds is 26. The molecule has 0 aromatic heterocycles. The number of hydrogen-bond acceptors (Lipinski definition) is 7. The molecule has 230 valence electrons. The highest BCUT2D eigenvalue weighted by molar-refractivity contribution is 8.02. The van der Waals surface area contributed by atoms with Crippen molar-refractivity contribution in [2.45, 2.75) is 116 Å². The van der Waals surface area contributed by atoms with Gasteiger partial charge in [-0.3, -0.25) is 9.42 Å². The summed E-state index contributed by atoms with van der Waals surface area (Å²) >= 11 is 1.73. The Labute approximate surface area is 248 Å². The third kappa shape index (κ3) is 17.7. The summed E-state index contributed by atoms with van der Waals surface area (Å²) in [5, 5.41) is 2.05. The first-order valence-corrected chi connectivity index (χ1v) is 18.0. The molecule has 1 aliphatic rings. The number of nitrogens with zero attached hydrogens (tertiary/aromatic N) is 1. The second kappa shape index (κ2) is 22.6. The Morgan fingerprint density at radius 1 is 0.925 bits per heavy atom. The Kier molecular flexibility index (Phi) is 19.8. The molecule has 0 radical (unpaired) electrons. The maximum Gasteiger partial charge on any atom is 0.527 e. The smallest absolute Gasteiger partial charge is 0.404 e. The van der Waals surface area contributed by atoms with E-state index in [9.17, 15) is 9.46 Å². The van der Waals surface area contributed by atoms with Crippen LogP contribution in [0.5, 0.6) is 5.75 Å². The number of phosphoric ester groups is 1. The number of ether oxygens (including phenoxy) is 2. The highest BCUT2D eigenvalue weighted by Gasteiger charge is 2.25. The second-order valence-corrected chi connectivity index (χ2v) is 12.8. The Morgan fingerprint density at radius 3 is 2.17 bits per heavy atom. The zero-order chi connectivity index (χ0) is 28.7. The van der Waals surface area contributed by atoms with E-state index in [0.29, 0.717) is 32.1 Å². The lowest BCUT2D eigenvalue weighted by Gasteiger charge is -2.20. The molecule has 2 rings (SSSR count). The van der Waals surface area contributed by atoms with Crippen molar-refractivity contribution in [3.8, 4) is 5.75 Å². The molecule has 2 unspecified atom stereocenters. The normalized spacial score (nSPS) is 15.4. The van der Waals surface area contributed by atoms with Crippen LogP contribution < -0.4 is 4.52 Å². The first-order valence-electron chi connectivity index (χ1n) is 15.5. The first kappa shape index (κ1) is 35.2. The predicted octanol–water partition coefficient (Wildman–Crippen LogP) is 9.06. The van der Waals surface area contributed by atoms with Gasteiger partial charge in [0, 0.05) is 26.0 Å². The monoisotopic (exact) mass is 599 g/mol. The van der Waals surface area contributed by atoms with Crippen LogP contribution in [0.1, 0.15) is 109 Å². The van der Waals surface area contributed by atoms with Gasteiger partial charge in [0.25, 0.3) is 0 Å². The molecule has 1 aromatic rings. The third-order valence-corrected chi connectivity index (χ3v) is 8.60. The van der Waals surface area contributed by atoms with Crippen molar-refractivity contribution in [1.29, 1.82) is 0 Å². The summed E-state index contributed by atoms with van der Waals surface area (Å²) in [6, 6.07) is 7.20. The van der Waals surface area contributed by atoms with E-state index in [4.69, 9.17) is 18.5 Å². The minimum Gasteiger partial charge on any atom is -0.404 e. The summed E-state index contributed by atoms with van der Waals surface area (Å²) in [6.45, 7) is 6.24. The average Bonchev–Trinajstić information content (AvgIpc) is 3.44. The van der Waals surface area contributed by atoms with Crippen LogP contribution >= 0.6 is 19.6 Å². The minimum absolute atomic E-state index is 0.0736. The van der Waals surface area contributed by atoms with Gasteiger partial charge in [-0.05, 0) is 36.4 Å². The number of unbranched alkanes of at least 4 members (excludes halogenated alkanes) is 13. The van der Waals surface area contributed by atoms with Crippen molar-refractivity contribution in [3.63, 3.8) is 0 Å². The Hall–Kier alpha value is -1.02. The standard InChI is InChI=1S/C31H54NO6PS/c1-3-5-6-7-8-9-10-11-12-13-14-15-16-17-22-35-26-31(36-4-2)27-37-39(33,34)38-30-20-18-19-29(24-30)25-32-21-23-40-28-32/h18-21,23-24,31H,3-17,22,25-28H2,1-2H3,(H,33,34). The highest BCUT2D eigenvalue weighted by atomic mass is 32.2. The summed E-state index contributed by atoms with van der Waals surface area (Å²) in [4.78, 5) is 12.4. The van der Waals surface area contributed by atoms with Gasteiger partial charge >= 0.3 is 7.82 Å². The molecule has 0 fully saturated rings. The lowest BCUT2D eigenvalue weighted by molar-refractivity contribution is -0.0373. The van der Waals surface area contributed by atoms with Crippen LogP contribution in [0.25, 0.3) is 0 Å². The number of thioether (sulfide) groups is 1. The second-order valence-electron chi connectivity index (χ2n) is 10.6. The van der Waals surface area contributed by atoms with Crippen molar-refractivity contribution in [1.82, 2.24) is 4.90 Å². The fraction of sp³-hybridized carbons (Fsp3) is 0.742. The SMILES string of the molecule is CCCCCCCCCCCCCCCCOCC(COP(=O)(O)Oc1cccc(CN2C=CSC2)c1)OCC. The molecule has 0 amide bonds. The fourth-order valence-electron chi connectivity index (χ4n) is 4.67. The van der Waals surface area contributed by atoms with Gasteiger partial charge in [-0.25, -0.2) is 4.57 Å². The summed E-state index contributed by atoms with van der Waals surface area (Å²) in [6.07, 6.45) is 20.2. The van der Waals surface area contributed by atoms with Crippen LogP contribution in [0, 0.1) is 0 Å². The quantitative estimate of drug-likeness (QED) is 0.0835. The van der Waals surface area contributed by atoms with Crippen LogP contribution in [0.15, 0.2) is 35.9 Å². The lowest BCUT2D eigenvalue weighted by atomic mass is 10.0. The molecule has 0 saturated heterocycles. The van der Waals surface area contributed by atoms with Crippen molar-refractivity contribution in [3.05, 3.63) is 41.4 Å². The molecule has 9 heteroatoms. The van der Waals surface area contributed by atoms with Crippen LogP contribution in [-0.2, 0) is 25.1 Å². The van der Waals surface area contributed by atoms with Crippen molar-refractivity contribution >= 4 is 19.6 Å². The average molecular weight is 600 g/mol. The number of hydrogen-bond donors (Lipinski definition) is 1. The molecule has 1 aliphatic heterocycles. The highest BCUT2D eigenvalue weighted by Crippen LogP contribution is 2.44. The summed E-state index contributed by atoms with van der Waals surface area (Å²) in [7, 11) is -4.29. The van der Waals surface area contributed by atoms with Gasteiger partial charge in [0.15, 0.2) is 0 Å². The van der Waals surface area contributed by atoms with E-state index in [1.807, 2.05) is 25.3 Å². The summed E-state index contributed by atoms with van der Waals surface area (Å²) < 4.78 is 34.6. The van der Waals surface area contributed by atoms with Crippen LogP contribution in [0.3, 0.4) is 0 Å². The number of phosphoric acid groups is 1. The van der Waals surface area contributed by atoms with Crippen molar-refractivity contribution < 1.29 is 28.0 Å². The van der Waals surface area contributed by atoms with E-state index < -0.39 is 13.9 Å². The third-order valence-electron chi connectivity index (χ3n) is 6.89. The molecule has 0 saturated carbocycles. The molecule has 7 nitrogen and oxygen atoms in total. The zero-order valence-corrected chi connectivity index (χ0v) is 26.7. The maximum atomic E-state index is 12.6. The molecule has 1 heterocycles. The van der Waals surface area contributed by atoms with Crippen molar-refractivity contribution in [2.24, 2.45) is 0 Å². The first-order chi connectivity index (χ1) is 19.5. The van der Waals surface area contributed by atoms with Gasteiger partial charge in [0.2, 0.25) is 0 Å². The molecule has 0 bridgehead atoms. The van der Waals surface area contributed by atoms with Gasteiger partial charge in [0.1, 0.15) is 11.9 Å². The van der Waals surface area contributed by atoms with Crippen molar-refractivity contribution in [2.75, 3.05) is 32.3 Å². The Balaban J connectivity index is 1.51. The van der Waals surface area contributed by atoms with Gasteiger partial charge < -0.3 is 18.9 Å². The summed E-state index contributed by atoms with van der Waals surface area (Å²) in [5.41, 5.74) is 0.994. The molecule has 1 aromatic carbocycles. The zero-order valence-electron chi connectivity index (χ0n) is 25.0. The molecule has 2 atom stereocenters. The van der Waals surface area contributed by atoms with Gasteiger partial charge in [-0.2, -0.15) is 0 Å². The maximum absolute atomic E-state index is 12.6. The summed E-state index contributed by atoms with van der Waals surface area (Å²) in [5.74, 6) is 1.20. The molecule has 0 aliphatic carbocycles. The predicted molar refractivity (Wildman–Crippen MR) is 167 cm³/mol.